The highest BCUT2D eigenvalue weighted by molar-refractivity contribution is 6.99. The van der Waals surface area contributed by atoms with E-state index in [1.54, 1.807) is 4.57 Å². The van der Waals surface area contributed by atoms with Gasteiger partial charge in [-0.3, -0.25) is 9.36 Å². The van der Waals surface area contributed by atoms with Crippen LogP contribution < -0.4 is 15.9 Å². The molecule has 0 saturated carbocycles. The topological polar surface area (TPSA) is 62.6 Å². The molecule has 1 saturated heterocycles. The molecule has 1 aliphatic carbocycles. The van der Waals surface area contributed by atoms with E-state index in [0.717, 1.165) is 5.57 Å². The molecule has 3 atom stereocenters. The molecule has 5 rings (SSSR count). The van der Waals surface area contributed by atoms with Crippen LogP contribution in [0.2, 0.25) is 10.2 Å². The van der Waals surface area contributed by atoms with E-state index < -0.39 is 14.1 Å². The van der Waals surface area contributed by atoms with Crippen LogP contribution in [0.15, 0.2) is 89.5 Å². The second-order valence-electron chi connectivity index (χ2n) is 11.2. The molecule has 0 amide bonds. The lowest BCUT2D eigenvalue weighted by molar-refractivity contribution is -0.148. The highest BCUT2D eigenvalue weighted by Gasteiger charge is 2.53. The maximum Gasteiger partial charge on any atom is 0.261 e. The zero-order valence-electron chi connectivity index (χ0n) is 21.9. The second-order valence-corrected chi connectivity index (χ2v) is 15.9. The zero-order chi connectivity index (χ0) is 26.4. The second kappa shape index (κ2) is 9.64. The van der Waals surface area contributed by atoms with Gasteiger partial charge in [-0.05, 0) is 34.8 Å². The molecule has 37 heavy (non-hydrogen) atoms. The molecule has 0 radical (unpaired) electrons. The van der Waals surface area contributed by atoms with Gasteiger partial charge in [-0.15, -0.1) is 0 Å². The van der Waals surface area contributed by atoms with Gasteiger partial charge < -0.3 is 13.9 Å². The quantitative estimate of drug-likeness (QED) is 0.264. The summed E-state index contributed by atoms with van der Waals surface area (Å²) in [6.07, 6.45) is 2.82. The first kappa shape index (κ1) is 26.1. The van der Waals surface area contributed by atoms with Crippen LogP contribution >= 0.6 is 11.6 Å². The Morgan fingerprint density at radius 2 is 1.62 bits per heavy atom. The first-order valence-electron chi connectivity index (χ1n) is 12.6. The lowest BCUT2D eigenvalue weighted by Crippen LogP contribution is -2.66. The number of hydrogen-bond donors (Lipinski definition) is 0. The average molecular weight is 537 g/mol. The van der Waals surface area contributed by atoms with E-state index in [1.807, 2.05) is 32.1 Å². The van der Waals surface area contributed by atoms with E-state index in [0.29, 0.717) is 6.61 Å². The molecule has 2 aromatic carbocycles. The van der Waals surface area contributed by atoms with Crippen LogP contribution in [0.3, 0.4) is 0 Å². The van der Waals surface area contributed by atoms with E-state index in [1.165, 1.54) is 22.8 Å². The van der Waals surface area contributed by atoms with Crippen molar-refractivity contribution in [2.45, 2.75) is 63.7 Å². The van der Waals surface area contributed by atoms with E-state index in [9.17, 15) is 4.79 Å². The normalized spacial score (nSPS) is 23.1. The van der Waals surface area contributed by atoms with Crippen molar-refractivity contribution in [1.82, 2.24) is 9.55 Å². The first-order valence-corrected chi connectivity index (χ1v) is 14.9. The van der Waals surface area contributed by atoms with E-state index in [-0.39, 0.29) is 34.0 Å². The van der Waals surface area contributed by atoms with Gasteiger partial charge in [-0.25, -0.2) is 4.98 Å². The molecule has 1 aliphatic heterocycles. The van der Waals surface area contributed by atoms with Crippen LogP contribution in [-0.4, -0.2) is 42.5 Å². The van der Waals surface area contributed by atoms with Crippen molar-refractivity contribution in [3.8, 4) is 0 Å². The smallest absolute Gasteiger partial charge is 0.261 e. The van der Waals surface area contributed by atoms with Gasteiger partial charge in [0.1, 0.15) is 17.4 Å². The number of rotatable bonds is 6. The van der Waals surface area contributed by atoms with Gasteiger partial charge in [0, 0.05) is 6.07 Å². The third-order valence-corrected chi connectivity index (χ3v) is 12.4. The molecule has 0 bridgehead atoms. The molecule has 1 aromatic heterocycles. The molecule has 8 heteroatoms. The van der Waals surface area contributed by atoms with E-state index in [2.05, 4.69) is 74.3 Å². The van der Waals surface area contributed by atoms with Gasteiger partial charge in [0.05, 0.1) is 19.0 Å². The highest BCUT2D eigenvalue weighted by atomic mass is 35.5. The van der Waals surface area contributed by atoms with Crippen molar-refractivity contribution in [1.29, 1.82) is 0 Å². The number of hydrogen-bond acceptors (Lipinski definition) is 5. The zero-order valence-corrected chi connectivity index (χ0v) is 23.6. The Morgan fingerprint density at radius 1 is 1.03 bits per heavy atom. The number of fused-ring (bicyclic) bond motifs is 1. The maximum absolute atomic E-state index is 12.8. The number of ether oxygens (including phenoxy) is 2. The van der Waals surface area contributed by atoms with Crippen LogP contribution in [0.1, 0.15) is 40.7 Å². The Morgan fingerprint density at radius 3 is 2.16 bits per heavy atom. The monoisotopic (exact) mass is 536 g/mol. The van der Waals surface area contributed by atoms with Gasteiger partial charge in [-0.2, -0.15) is 0 Å². The number of nitrogens with zero attached hydrogens (tertiary/aromatic N) is 2. The number of halogens is 1. The van der Waals surface area contributed by atoms with Crippen LogP contribution in [-0.2, 0) is 13.9 Å². The van der Waals surface area contributed by atoms with Crippen molar-refractivity contribution < 1.29 is 13.9 Å². The van der Waals surface area contributed by atoms with Crippen molar-refractivity contribution >= 4 is 30.3 Å². The summed E-state index contributed by atoms with van der Waals surface area (Å²) in [5.41, 5.74) is 0.734. The Labute approximate surface area is 224 Å². The summed E-state index contributed by atoms with van der Waals surface area (Å²) in [7, 11) is -2.75. The van der Waals surface area contributed by atoms with Gasteiger partial charge in [-0.1, -0.05) is 99.1 Å². The fourth-order valence-electron chi connectivity index (χ4n) is 5.67. The minimum absolute atomic E-state index is 0.156. The molecule has 0 N–H and O–H groups in total. The fraction of sp³-hybridized carbons (Fsp3) is 0.379. The van der Waals surface area contributed by atoms with Crippen molar-refractivity contribution in [3.63, 3.8) is 0 Å². The largest absolute Gasteiger partial charge is 0.403 e. The average Bonchev–Trinajstić information content (AvgIpc) is 3.33. The standard InChI is InChI=1S/C29H33ClN2O4Si/c1-28(2,3)37(21-12-8-6-9-13-21,22-14-10-7-11-15-22)34-18-20-16-23(27-26(20)35-29(4,5)36-27)32-19-31-24(30)17-25(32)33/h6-17,19,23,26-27H,18H2,1-5H3/t23-,26-,27+/m1/s1. The van der Waals surface area contributed by atoms with Crippen molar-refractivity contribution in [3.05, 3.63) is 100 Å². The first-order chi connectivity index (χ1) is 17.5. The number of benzene rings is 2. The lowest BCUT2D eigenvalue weighted by atomic mass is 10.1. The minimum atomic E-state index is -2.75. The summed E-state index contributed by atoms with van der Waals surface area (Å²) in [5.74, 6) is -0.784. The minimum Gasteiger partial charge on any atom is -0.403 e. The molecule has 6 nitrogen and oxygen atoms in total. The Hall–Kier alpha value is -2.55. The van der Waals surface area contributed by atoms with E-state index >= 15 is 0 Å². The third-order valence-electron chi connectivity index (χ3n) is 7.21. The molecule has 1 fully saturated rings. The third kappa shape index (κ3) is 4.75. The summed E-state index contributed by atoms with van der Waals surface area (Å²) in [4.78, 5) is 16.9. The van der Waals surface area contributed by atoms with Gasteiger partial charge in [0.25, 0.3) is 13.9 Å². The molecule has 2 heterocycles. The van der Waals surface area contributed by atoms with Crippen molar-refractivity contribution in [2.75, 3.05) is 6.61 Å². The Bertz CT molecular complexity index is 1310. The predicted octanol–water partition coefficient (Wildman–Crippen LogP) is 4.47. The summed E-state index contributed by atoms with van der Waals surface area (Å²) in [6.45, 7) is 10.9. The lowest BCUT2D eigenvalue weighted by Gasteiger charge is -2.43. The van der Waals surface area contributed by atoms with Crippen molar-refractivity contribution in [2.24, 2.45) is 0 Å². The molecule has 194 valence electrons. The maximum atomic E-state index is 12.8. The summed E-state index contributed by atoms with van der Waals surface area (Å²) < 4.78 is 21.4. The molecular formula is C29H33ClN2O4Si. The predicted molar refractivity (Wildman–Crippen MR) is 148 cm³/mol. The van der Waals surface area contributed by atoms with Gasteiger partial charge >= 0.3 is 0 Å². The highest BCUT2D eigenvalue weighted by Crippen LogP contribution is 2.44. The van der Waals surface area contributed by atoms with Gasteiger partial charge in [0.2, 0.25) is 0 Å². The summed E-state index contributed by atoms with van der Waals surface area (Å²) in [5, 5.41) is 2.43. The summed E-state index contributed by atoms with van der Waals surface area (Å²) in [6, 6.07) is 22.0. The molecule has 3 aromatic rings. The molecular weight excluding hydrogens is 504 g/mol. The number of aromatic nitrogens is 2. The SMILES string of the molecule is CC1(C)O[C@@H]2[C@H](O1)C(CO[Si](c1ccccc1)(c1ccccc1)C(C)(C)C)=C[C@H]2n1cnc(Cl)cc1=O. The Balaban J connectivity index is 1.57. The van der Waals surface area contributed by atoms with Gasteiger partial charge in [0.15, 0.2) is 5.79 Å². The molecule has 0 spiro atoms. The van der Waals surface area contributed by atoms with Crippen LogP contribution in [0.5, 0.6) is 0 Å². The van der Waals surface area contributed by atoms with Crippen LogP contribution in [0.4, 0.5) is 0 Å². The fourth-order valence-corrected chi connectivity index (χ4v) is 10.3. The van der Waals surface area contributed by atoms with Crippen LogP contribution in [0.25, 0.3) is 0 Å². The summed E-state index contributed by atoms with van der Waals surface area (Å²) >= 11 is 5.96. The Kier molecular flexibility index (Phi) is 6.79. The molecule has 2 aliphatic rings. The van der Waals surface area contributed by atoms with Crippen LogP contribution in [0, 0.1) is 0 Å². The molecule has 0 unspecified atom stereocenters. The van der Waals surface area contributed by atoms with E-state index in [4.69, 9.17) is 25.5 Å².